The standard InChI is InChI=1S/C18H20Cl2N2O2/c1-2-3-10-24-17-7-5-4-6-16(17)21-12-18(23)22-15-9-8-13(19)11-14(15)20/h4-9,11,21H,2-3,10,12H2,1H3,(H,22,23). The number of carbonyl (C=O) groups is 1. The van der Waals surface area contributed by atoms with Crippen LogP contribution in [0.4, 0.5) is 11.4 Å². The lowest BCUT2D eigenvalue weighted by molar-refractivity contribution is -0.114. The second kappa shape index (κ2) is 9.40. The highest BCUT2D eigenvalue weighted by atomic mass is 35.5. The first kappa shape index (κ1) is 18.4. The number of ether oxygens (including phenoxy) is 1. The van der Waals surface area contributed by atoms with Gasteiger partial charge in [0.05, 0.1) is 29.5 Å². The molecule has 0 fully saturated rings. The van der Waals surface area contributed by atoms with E-state index in [1.165, 1.54) is 0 Å². The Morgan fingerprint density at radius 1 is 1.12 bits per heavy atom. The number of benzene rings is 2. The molecule has 2 N–H and O–H groups in total. The minimum atomic E-state index is -0.206. The molecule has 2 aromatic rings. The molecule has 2 aromatic carbocycles. The molecule has 0 unspecified atom stereocenters. The number of amides is 1. The third-order valence-electron chi connectivity index (χ3n) is 3.29. The summed E-state index contributed by atoms with van der Waals surface area (Å²) in [4.78, 5) is 12.1. The molecule has 0 aliphatic heterocycles. The number of halogens is 2. The Morgan fingerprint density at radius 2 is 1.92 bits per heavy atom. The minimum Gasteiger partial charge on any atom is -0.491 e. The number of anilines is 2. The molecule has 1 amide bonds. The fourth-order valence-electron chi connectivity index (χ4n) is 2.03. The Morgan fingerprint density at radius 3 is 2.67 bits per heavy atom. The van der Waals surface area contributed by atoms with Crippen LogP contribution in [-0.2, 0) is 4.79 Å². The van der Waals surface area contributed by atoms with Crippen molar-refractivity contribution in [1.29, 1.82) is 0 Å². The smallest absolute Gasteiger partial charge is 0.243 e. The van der Waals surface area contributed by atoms with Crippen LogP contribution in [0.25, 0.3) is 0 Å². The van der Waals surface area contributed by atoms with Gasteiger partial charge in [-0.05, 0) is 36.8 Å². The molecule has 128 valence electrons. The van der Waals surface area contributed by atoms with Crippen LogP contribution in [0.2, 0.25) is 10.0 Å². The molecule has 0 heterocycles. The number of unbranched alkanes of at least 4 members (excludes halogenated alkanes) is 1. The van der Waals surface area contributed by atoms with E-state index in [4.69, 9.17) is 27.9 Å². The number of hydrogen-bond acceptors (Lipinski definition) is 3. The van der Waals surface area contributed by atoms with Crippen LogP contribution in [0.3, 0.4) is 0 Å². The number of para-hydroxylation sites is 2. The molecule has 6 heteroatoms. The summed E-state index contributed by atoms with van der Waals surface area (Å²) in [6, 6.07) is 12.5. The number of hydrogen-bond donors (Lipinski definition) is 2. The molecule has 0 radical (unpaired) electrons. The highest BCUT2D eigenvalue weighted by molar-refractivity contribution is 6.36. The van der Waals surface area contributed by atoms with Crippen LogP contribution in [0.1, 0.15) is 19.8 Å². The summed E-state index contributed by atoms with van der Waals surface area (Å²) in [7, 11) is 0. The first-order valence-electron chi connectivity index (χ1n) is 7.80. The van der Waals surface area contributed by atoms with Gasteiger partial charge in [-0.25, -0.2) is 0 Å². The van der Waals surface area contributed by atoms with Gasteiger partial charge < -0.3 is 15.4 Å². The molecule has 2 rings (SSSR count). The van der Waals surface area contributed by atoms with Crippen molar-refractivity contribution >= 4 is 40.5 Å². The second-order valence-electron chi connectivity index (χ2n) is 5.22. The highest BCUT2D eigenvalue weighted by Crippen LogP contribution is 2.26. The van der Waals surface area contributed by atoms with E-state index in [-0.39, 0.29) is 12.5 Å². The van der Waals surface area contributed by atoms with E-state index in [9.17, 15) is 4.79 Å². The maximum Gasteiger partial charge on any atom is 0.243 e. The summed E-state index contributed by atoms with van der Waals surface area (Å²) < 4.78 is 5.73. The van der Waals surface area contributed by atoms with E-state index in [0.29, 0.717) is 22.3 Å². The van der Waals surface area contributed by atoms with E-state index in [1.807, 2.05) is 24.3 Å². The molecular weight excluding hydrogens is 347 g/mol. The second-order valence-corrected chi connectivity index (χ2v) is 6.07. The molecule has 0 bridgehead atoms. The summed E-state index contributed by atoms with van der Waals surface area (Å²) in [6.45, 7) is 2.87. The van der Waals surface area contributed by atoms with Crippen molar-refractivity contribution in [1.82, 2.24) is 0 Å². The summed E-state index contributed by atoms with van der Waals surface area (Å²) in [5.74, 6) is 0.533. The maximum atomic E-state index is 12.1. The van der Waals surface area contributed by atoms with Crippen molar-refractivity contribution in [2.75, 3.05) is 23.8 Å². The first-order chi connectivity index (χ1) is 11.6. The third-order valence-corrected chi connectivity index (χ3v) is 3.83. The van der Waals surface area contributed by atoms with Crippen molar-refractivity contribution in [2.45, 2.75) is 19.8 Å². The Labute approximate surface area is 152 Å². The summed E-state index contributed by atoms with van der Waals surface area (Å²) in [5.41, 5.74) is 1.31. The van der Waals surface area contributed by atoms with E-state index in [2.05, 4.69) is 17.6 Å². The average Bonchev–Trinajstić information content (AvgIpc) is 2.57. The third kappa shape index (κ3) is 5.62. The van der Waals surface area contributed by atoms with Gasteiger partial charge in [-0.3, -0.25) is 4.79 Å². The number of nitrogens with one attached hydrogen (secondary N) is 2. The van der Waals surface area contributed by atoms with Gasteiger partial charge in [-0.15, -0.1) is 0 Å². The molecule has 0 spiro atoms. The molecule has 0 atom stereocenters. The molecule has 0 aromatic heterocycles. The van der Waals surface area contributed by atoms with E-state index >= 15 is 0 Å². The van der Waals surface area contributed by atoms with Gasteiger partial charge in [0.1, 0.15) is 5.75 Å². The predicted octanol–water partition coefficient (Wildman–Crippen LogP) is 5.22. The molecule has 0 saturated heterocycles. The Bertz CT molecular complexity index is 692. The maximum absolute atomic E-state index is 12.1. The van der Waals surface area contributed by atoms with Crippen LogP contribution in [0, 0.1) is 0 Å². The van der Waals surface area contributed by atoms with Crippen molar-refractivity contribution in [3.05, 3.63) is 52.5 Å². The topological polar surface area (TPSA) is 50.4 Å². The largest absolute Gasteiger partial charge is 0.491 e. The Hall–Kier alpha value is -1.91. The summed E-state index contributed by atoms with van der Waals surface area (Å²) >= 11 is 11.9. The lowest BCUT2D eigenvalue weighted by Gasteiger charge is -2.13. The van der Waals surface area contributed by atoms with Gasteiger partial charge in [0.2, 0.25) is 5.91 Å². The lowest BCUT2D eigenvalue weighted by Crippen LogP contribution is -2.22. The number of rotatable bonds is 8. The van der Waals surface area contributed by atoms with Crippen LogP contribution in [0.15, 0.2) is 42.5 Å². The number of carbonyl (C=O) groups excluding carboxylic acids is 1. The SMILES string of the molecule is CCCCOc1ccccc1NCC(=O)Nc1ccc(Cl)cc1Cl. The monoisotopic (exact) mass is 366 g/mol. The van der Waals surface area contributed by atoms with Gasteiger partial charge in [-0.2, -0.15) is 0 Å². The summed E-state index contributed by atoms with van der Waals surface area (Å²) in [5, 5.41) is 6.76. The molecule has 0 aliphatic rings. The lowest BCUT2D eigenvalue weighted by atomic mass is 10.3. The summed E-state index contributed by atoms with van der Waals surface area (Å²) in [6.07, 6.45) is 2.06. The quantitative estimate of drug-likeness (QED) is 0.629. The van der Waals surface area contributed by atoms with Gasteiger partial charge in [0, 0.05) is 5.02 Å². The normalized spacial score (nSPS) is 10.3. The van der Waals surface area contributed by atoms with E-state index < -0.39 is 0 Å². The van der Waals surface area contributed by atoms with Crippen LogP contribution in [0.5, 0.6) is 5.75 Å². The van der Waals surface area contributed by atoms with Crippen molar-refractivity contribution < 1.29 is 9.53 Å². The zero-order chi connectivity index (χ0) is 17.4. The van der Waals surface area contributed by atoms with Crippen molar-refractivity contribution in [3.63, 3.8) is 0 Å². The van der Waals surface area contributed by atoms with Gasteiger partial charge >= 0.3 is 0 Å². The van der Waals surface area contributed by atoms with Gasteiger partial charge in [0.15, 0.2) is 0 Å². The minimum absolute atomic E-state index is 0.104. The van der Waals surface area contributed by atoms with Gasteiger partial charge in [0.25, 0.3) is 0 Å². The average molecular weight is 367 g/mol. The molecule has 0 aliphatic carbocycles. The molecular formula is C18H20Cl2N2O2. The Balaban J connectivity index is 1.91. The van der Waals surface area contributed by atoms with Crippen LogP contribution < -0.4 is 15.4 Å². The molecule has 24 heavy (non-hydrogen) atoms. The van der Waals surface area contributed by atoms with E-state index in [0.717, 1.165) is 24.3 Å². The van der Waals surface area contributed by atoms with E-state index in [1.54, 1.807) is 18.2 Å². The van der Waals surface area contributed by atoms with Crippen LogP contribution in [-0.4, -0.2) is 19.1 Å². The zero-order valence-corrected chi connectivity index (χ0v) is 15.0. The fourth-order valence-corrected chi connectivity index (χ4v) is 2.48. The predicted molar refractivity (Wildman–Crippen MR) is 100 cm³/mol. The molecule has 0 saturated carbocycles. The molecule has 4 nitrogen and oxygen atoms in total. The van der Waals surface area contributed by atoms with Crippen LogP contribution >= 0.6 is 23.2 Å². The Kier molecular flexibility index (Phi) is 7.22. The zero-order valence-electron chi connectivity index (χ0n) is 13.4. The van der Waals surface area contributed by atoms with Crippen molar-refractivity contribution in [2.24, 2.45) is 0 Å². The van der Waals surface area contributed by atoms with Crippen molar-refractivity contribution in [3.8, 4) is 5.75 Å². The highest BCUT2D eigenvalue weighted by Gasteiger charge is 2.08. The van der Waals surface area contributed by atoms with Gasteiger partial charge in [-0.1, -0.05) is 48.7 Å². The first-order valence-corrected chi connectivity index (χ1v) is 8.56. The fraction of sp³-hybridized carbons (Fsp3) is 0.278.